The van der Waals surface area contributed by atoms with Gasteiger partial charge in [-0.15, -0.1) is 0 Å². The van der Waals surface area contributed by atoms with Gasteiger partial charge in [-0.3, -0.25) is 4.79 Å². The van der Waals surface area contributed by atoms with Crippen LogP contribution in [0.1, 0.15) is 24.2 Å². The third-order valence-electron chi connectivity index (χ3n) is 4.61. The molecule has 0 spiro atoms. The fraction of sp³-hybridized carbons (Fsp3) is 0.550. The van der Waals surface area contributed by atoms with Crippen molar-refractivity contribution in [2.24, 2.45) is 0 Å². The van der Waals surface area contributed by atoms with Crippen LogP contribution < -0.4 is 4.74 Å². The van der Waals surface area contributed by atoms with Crippen molar-refractivity contribution in [3.05, 3.63) is 29.8 Å². The zero-order chi connectivity index (χ0) is 31.8. The molecule has 0 heterocycles. The predicted molar refractivity (Wildman–Crippen MR) is 99.3 cm³/mol. The van der Waals surface area contributed by atoms with E-state index in [-0.39, 0.29) is 5.75 Å². The lowest BCUT2D eigenvalue weighted by atomic mass is 9.96. The Morgan fingerprint density at radius 3 is 1.43 bits per heavy atom. The molecule has 0 saturated carbocycles. The summed E-state index contributed by atoms with van der Waals surface area (Å²) in [6.45, 7) is -1.04. The van der Waals surface area contributed by atoms with Gasteiger partial charge < -0.3 is 14.2 Å². The minimum absolute atomic E-state index is 0.314. The molecule has 0 fully saturated rings. The first-order chi connectivity index (χ1) is 17.6. The number of carbonyl (C=O) groups is 3. The Morgan fingerprint density at radius 1 is 0.625 bits per heavy atom. The van der Waals surface area contributed by atoms with Crippen LogP contribution in [0.15, 0.2) is 24.3 Å². The molecule has 0 radical (unpaired) electrons. The fourth-order valence-electron chi connectivity index (χ4n) is 2.39. The van der Waals surface area contributed by atoms with Crippen molar-refractivity contribution in [3.63, 3.8) is 0 Å². The summed E-state index contributed by atoms with van der Waals surface area (Å²) in [5.41, 5.74) is -3.26. The molecule has 228 valence electrons. The van der Waals surface area contributed by atoms with Crippen molar-refractivity contribution in [1.29, 1.82) is 0 Å². The molecule has 0 atom stereocenters. The van der Waals surface area contributed by atoms with Gasteiger partial charge in [0.2, 0.25) is 5.78 Å². The van der Waals surface area contributed by atoms with Gasteiger partial charge in [0.25, 0.3) is 0 Å². The van der Waals surface area contributed by atoms with Crippen molar-refractivity contribution in [2.45, 2.75) is 55.5 Å². The predicted octanol–water partition coefficient (Wildman–Crippen LogP) is 5.78. The van der Waals surface area contributed by atoms with Gasteiger partial charge in [-0.25, -0.2) is 9.59 Å². The molecule has 6 nitrogen and oxygen atoms in total. The monoisotopic (exact) mass is 616 g/mol. The van der Waals surface area contributed by atoms with E-state index in [9.17, 15) is 75.8 Å². The first-order valence-corrected chi connectivity index (χ1v) is 9.97. The van der Waals surface area contributed by atoms with Gasteiger partial charge in [0.15, 0.2) is 5.60 Å². The second-order valence-electron chi connectivity index (χ2n) is 8.03. The van der Waals surface area contributed by atoms with Crippen LogP contribution in [0.25, 0.3) is 0 Å². The molecular formula is C20H14F14O6. The number of alkyl halides is 14. The highest BCUT2D eigenvalue weighted by Crippen LogP contribution is 2.48. The van der Waals surface area contributed by atoms with E-state index >= 15 is 0 Å². The molecule has 0 N–H and O–H groups in total. The van der Waals surface area contributed by atoms with E-state index in [1.165, 1.54) is 0 Å². The van der Waals surface area contributed by atoms with E-state index in [0.29, 0.717) is 13.8 Å². The van der Waals surface area contributed by atoms with Crippen LogP contribution in [-0.4, -0.2) is 72.6 Å². The average Bonchev–Trinajstić information content (AvgIpc) is 2.79. The number of hydrogen-bond donors (Lipinski definition) is 0. The van der Waals surface area contributed by atoms with Gasteiger partial charge in [-0.2, -0.15) is 61.5 Å². The van der Waals surface area contributed by atoms with Crippen molar-refractivity contribution in [1.82, 2.24) is 0 Å². The molecule has 1 aromatic rings. The van der Waals surface area contributed by atoms with Gasteiger partial charge in [0, 0.05) is 5.56 Å². The third kappa shape index (κ3) is 6.68. The summed E-state index contributed by atoms with van der Waals surface area (Å²) in [6, 6.07) is 3.29. The van der Waals surface area contributed by atoms with Gasteiger partial charge in [0.05, 0.1) is 0 Å². The van der Waals surface area contributed by atoms with Gasteiger partial charge in [0.1, 0.15) is 19.0 Å². The van der Waals surface area contributed by atoms with E-state index in [1.807, 2.05) is 0 Å². The normalized spacial score (nSPS) is 14.0. The number of Topliss-reactive ketones (excluding diaryl/α,β-unsaturated/α-hetero) is 1. The van der Waals surface area contributed by atoms with E-state index < -0.39 is 78.1 Å². The third-order valence-corrected chi connectivity index (χ3v) is 4.61. The van der Waals surface area contributed by atoms with E-state index in [4.69, 9.17) is 4.74 Å². The summed E-state index contributed by atoms with van der Waals surface area (Å²) in [7, 11) is 0. The van der Waals surface area contributed by atoms with Crippen LogP contribution >= 0.6 is 0 Å². The van der Waals surface area contributed by atoms with E-state index in [0.717, 1.165) is 24.3 Å². The summed E-state index contributed by atoms with van der Waals surface area (Å²) in [5, 5.41) is 0. The van der Waals surface area contributed by atoms with Crippen molar-refractivity contribution >= 4 is 17.7 Å². The van der Waals surface area contributed by atoms with Crippen LogP contribution in [0, 0.1) is 0 Å². The number of halogens is 14. The molecule has 0 aliphatic carbocycles. The van der Waals surface area contributed by atoms with Crippen LogP contribution in [0.4, 0.5) is 61.5 Å². The molecule has 0 amide bonds. The Labute approximate surface area is 213 Å². The highest BCUT2D eigenvalue weighted by molar-refractivity contribution is 6.03. The number of ketones is 1. The Kier molecular flexibility index (Phi) is 9.45. The van der Waals surface area contributed by atoms with Gasteiger partial charge >= 0.3 is 48.0 Å². The molecule has 0 aliphatic rings. The molecular weight excluding hydrogens is 602 g/mol. The van der Waals surface area contributed by atoms with Crippen LogP contribution in [0.3, 0.4) is 0 Å². The zero-order valence-corrected chi connectivity index (χ0v) is 19.5. The fourth-order valence-corrected chi connectivity index (χ4v) is 2.39. The Balaban J connectivity index is 2.81. The van der Waals surface area contributed by atoms with Crippen molar-refractivity contribution in [2.75, 3.05) is 13.2 Å². The summed E-state index contributed by atoms with van der Waals surface area (Å²) in [4.78, 5) is 34.8. The first-order valence-electron chi connectivity index (χ1n) is 9.97. The van der Waals surface area contributed by atoms with Crippen LogP contribution in [-0.2, 0) is 19.1 Å². The number of ether oxygens (including phenoxy) is 3. The Hall–Kier alpha value is -3.35. The number of rotatable bonds is 11. The highest BCUT2D eigenvalue weighted by Gasteiger charge is 2.78. The molecule has 40 heavy (non-hydrogen) atoms. The Bertz CT molecular complexity index is 1090. The molecule has 0 aromatic heterocycles. The maximum Gasteiger partial charge on any atom is 0.460 e. The summed E-state index contributed by atoms with van der Waals surface area (Å²) < 4.78 is 190. The first kappa shape index (κ1) is 34.7. The minimum atomic E-state index is -6.85. The SMILES string of the molecule is CC(C)(OC(=O)C(F)(F)C(F)(F)C(F)(F)F)C(=O)c1ccc(OCCOC(=O)C(F)(F)C(F)(F)C(F)(F)F)cc1. The average molecular weight is 616 g/mol. The molecule has 0 aliphatic heterocycles. The number of benzene rings is 1. The van der Waals surface area contributed by atoms with E-state index in [1.54, 1.807) is 0 Å². The topological polar surface area (TPSA) is 78.9 Å². The highest BCUT2D eigenvalue weighted by atomic mass is 19.4. The maximum atomic E-state index is 13.5. The van der Waals surface area contributed by atoms with Crippen molar-refractivity contribution < 1.29 is 90.1 Å². The summed E-state index contributed by atoms with van der Waals surface area (Å²) in [6.07, 6.45) is -13.6. The van der Waals surface area contributed by atoms with Gasteiger partial charge in [-0.1, -0.05) is 0 Å². The summed E-state index contributed by atoms with van der Waals surface area (Å²) in [5.74, 6) is -34.6. The second kappa shape index (κ2) is 10.9. The van der Waals surface area contributed by atoms with Crippen molar-refractivity contribution in [3.8, 4) is 5.75 Å². The molecule has 0 bridgehead atoms. The van der Waals surface area contributed by atoms with Crippen LogP contribution in [0.2, 0.25) is 0 Å². The molecule has 1 rings (SSSR count). The zero-order valence-electron chi connectivity index (χ0n) is 19.5. The van der Waals surface area contributed by atoms with E-state index in [2.05, 4.69) is 9.47 Å². The lowest BCUT2D eigenvalue weighted by Crippen LogP contribution is -2.58. The Morgan fingerprint density at radius 2 is 1.02 bits per heavy atom. The standard InChI is InChI=1S/C20H14F14O6/c1-14(2,40-13(37)16(23,24)18(27,28)20(32,33)34)11(35)9-3-5-10(6-4-9)38-7-8-39-12(36)15(21,22)17(25,26)19(29,30)31/h3-6H,7-8H2,1-2H3. The molecule has 20 heteroatoms. The second-order valence-corrected chi connectivity index (χ2v) is 8.03. The maximum absolute atomic E-state index is 13.5. The quantitative estimate of drug-likeness (QED) is 0.136. The number of carbonyl (C=O) groups excluding carboxylic acids is 3. The largest absolute Gasteiger partial charge is 0.490 e. The lowest BCUT2D eigenvalue weighted by Gasteiger charge is -2.30. The lowest BCUT2D eigenvalue weighted by molar-refractivity contribution is -0.349. The summed E-state index contributed by atoms with van der Waals surface area (Å²) >= 11 is 0. The molecule has 0 unspecified atom stereocenters. The number of hydrogen-bond acceptors (Lipinski definition) is 6. The number of esters is 2. The smallest absolute Gasteiger partial charge is 0.460 e. The molecule has 1 aromatic carbocycles. The van der Waals surface area contributed by atoms with Gasteiger partial charge in [-0.05, 0) is 38.1 Å². The minimum Gasteiger partial charge on any atom is -0.490 e. The van der Waals surface area contributed by atoms with Crippen LogP contribution in [0.5, 0.6) is 5.75 Å². The molecule has 0 saturated heterocycles.